The Morgan fingerprint density at radius 3 is 2.50 bits per heavy atom. The van der Waals surface area contributed by atoms with E-state index in [4.69, 9.17) is 15.9 Å². The predicted molar refractivity (Wildman–Crippen MR) is 74.3 cm³/mol. The molecule has 1 saturated heterocycles. The van der Waals surface area contributed by atoms with Gasteiger partial charge in [-0.1, -0.05) is 0 Å². The highest BCUT2D eigenvalue weighted by atomic mass is 16.5. The number of ether oxygens (including phenoxy) is 1. The largest absolute Gasteiger partial charge is 0.384 e. The average Bonchev–Trinajstić information content (AvgIpc) is 2.26. The highest BCUT2D eigenvalue weighted by Crippen LogP contribution is 2.26. The quantitative estimate of drug-likeness (QED) is 0.620. The molecule has 0 spiro atoms. The van der Waals surface area contributed by atoms with Crippen molar-refractivity contribution >= 4 is 11.5 Å². The first kappa shape index (κ1) is 12.9. The lowest BCUT2D eigenvalue weighted by atomic mass is 10.0. The number of nitrogens with two attached hydrogens (primary N) is 1. The van der Waals surface area contributed by atoms with Gasteiger partial charge >= 0.3 is 0 Å². The van der Waals surface area contributed by atoms with Crippen LogP contribution in [0.3, 0.4) is 0 Å². The second-order valence-corrected chi connectivity index (χ2v) is 5.53. The van der Waals surface area contributed by atoms with Crippen LogP contribution in [0.1, 0.15) is 26.3 Å². The van der Waals surface area contributed by atoms with Gasteiger partial charge in [0.05, 0.1) is 11.7 Å². The lowest BCUT2D eigenvalue weighted by Gasteiger charge is -2.43. The van der Waals surface area contributed by atoms with Gasteiger partial charge in [0, 0.05) is 24.3 Å². The summed E-state index contributed by atoms with van der Waals surface area (Å²) in [5.74, 6) is 0.109. The zero-order valence-electron chi connectivity index (χ0n) is 11.2. The van der Waals surface area contributed by atoms with Gasteiger partial charge in [-0.05, 0) is 45.0 Å². The maximum atomic E-state index is 7.39. The molecule has 1 aromatic rings. The molecule has 4 heteroatoms. The Morgan fingerprint density at radius 2 is 2.00 bits per heavy atom. The van der Waals surface area contributed by atoms with E-state index in [-0.39, 0.29) is 17.5 Å². The molecule has 1 aliphatic rings. The minimum Gasteiger partial charge on any atom is -0.384 e. The number of nitrogens with zero attached hydrogens (tertiary/aromatic N) is 1. The zero-order chi connectivity index (χ0) is 13.3. The number of morpholine rings is 1. The van der Waals surface area contributed by atoms with Crippen molar-refractivity contribution in [3.05, 3.63) is 29.8 Å². The summed E-state index contributed by atoms with van der Waals surface area (Å²) >= 11 is 0. The first-order valence-corrected chi connectivity index (χ1v) is 6.25. The van der Waals surface area contributed by atoms with E-state index >= 15 is 0 Å². The summed E-state index contributed by atoms with van der Waals surface area (Å²) in [6, 6.07) is 7.82. The predicted octanol–water partition coefficient (Wildman–Crippen LogP) is 1.97. The van der Waals surface area contributed by atoms with E-state index in [1.807, 2.05) is 24.3 Å². The Balaban J connectivity index is 2.18. The number of anilines is 1. The van der Waals surface area contributed by atoms with Gasteiger partial charge in [0.1, 0.15) is 5.84 Å². The Labute approximate surface area is 108 Å². The fraction of sp³-hybridized carbons (Fsp3) is 0.500. The number of nitrogens with one attached hydrogen (secondary N) is 1. The fourth-order valence-electron chi connectivity index (χ4n) is 2.50. The molecule has 0 aliphatic carbocycles. The minimum atomic E-state index is -0.128. The van der Waals surface area contributed by atoms with Crippen molar-refractivity contribution in [2.75, 3.05) is 18.0 Å². The van der Waals surface area contributed by atoms with Crippen LogP contribution in [0.5, 0.6) is 0 Å². The van der Waals surface area contributed by atoms with Crippen molar-refractivity contribution < 1.29 is 4.74 Å². The molecule has 1 atom stereocenters. The van der Waals surface area contributed by atoms with Crippen LogP contribution in [-0.2, 0) is 4.74 Å². The minimum absolute atomic E-state index is 0.109. The zero-order valence-corrected chi connectivity index (χ0v) is 11.2. The van der Waals surface area contributed by atoms with Crippen molar-refractivity contribution in [1.29, 1.82) is 5.41 Å². The molecule has 3 N–H and O–H groups in total. The van der Waals surface area contributed by atoms with Gasteiger partial charge in [-0.25, -0.2) is 0 Å². The maximum Gasteiger partial charge on any atom is 0.122 e. The van der Waals surface area contributed by atoms with Gasteiger partial charge in [0.25, 0.3) is 0 Å². The standard InChI is InChI=1S/C14H21N3O/c1-10-8-17(9-14(2,3)18-10)12-6-4-11(5-7-12)13(15)16/h4-7,10H,8-9H2,1-3H3,(H3,15,16). The van der Waals surface area contributed by atoms with Crippen molar-refractivity contribution in [2.24, 2.45) is 5.73 Å². The van der Waals surface area contributed by atoms with E-state index < -0.39 is 0 Å². The molecule has 0 bridgehead atoms. The fourth-order valence-corrected chi connectivity index (χ4v) is 2.50. The topological polar surface area (TPSA) is 62.3 Å². The highest BCUT2D eigenvalue weighted by molar-refractivity contribution is 5.95. The average molecular weight is 247 g/mol. The van der Waals surface area contributed by atoms with E-state index in [1.54, 1.807) is 0 Å². The second-order valence-electron chi connectivity index (χ2n) is 5.53. The number of hydrogen-bond acceptors (Lipinski definition) is 3. The summed E-state index contributed by atoms with van der Waals surface area (Å²) < 4.78 is 5.89. The summed E-state index contributed by atoms with van der Waals surface area (Å²) in [4.78, 5) is 2.32. The van der Waals surface area contributed by atoms with Crippen LogP contribution in [-0.4, -0.2) is 30.6 Å². The molecule has 98 valence electrons. The van der Waals surface area contributed by atoms with E-state index in [0.29, 0.717) is 0 Å². The molecule has 4 nitrogen and oxygen atoms in total. The van der Waals surface area contributed by atoms with Crippen LogP contribution in [0.2, 0.25) is 0 Å². The molecule has 1 aromatic carbocycles. The third-order valence-corrected chi connectivity index (χ3v) is 3.11. The molecule has 2 rings (SSSR count). The molecular formula is C14H21N3O. The lowest BCUT2D eigenvalue weighted by Crippen LogP contribution is -2.52. The molecule has 0 amide bonds. The third kappa shape index (κ3) is 2.82. The van der Waals surface area contributed by atoms with Crippen LogP contribution >= 0.6 is 0 Å². The third-order valence-electron chi connectivity index (χ3n) is 3.11. The molecule has 0 radical (unpaired) electrons. The molecule has 1 heterocycles. The van der Waals surface area contributed by atoms with Crippen LogP contribution in [0.4, 0.5) is 5.69 Å². The van der Waals surface area contributed by atoms with Crippen molar-refractivity contribution in [1.82, 2.24) is 0 Å². The molecule has 1 fully saturated rings. The molecule has 18 heavy (non-hydrogen) atoms. The van der Waals surface area contributed by atoms with E-state index in [2.05, 4.69) is 25.7 Å². The molecule has 0 saturated carbocycles. The lowest BCUT2D eigenvalue weighted by molar-refractivity contribution is -0.0749. The van der Waals surface area contributed by atoms with Gasteiger partial charge in [0.2, 0.25) is 0 Å². The van der Waals surface area contributed by atoms with Gasteiger partial charge in [-0.3, -0.25) is 5.41 Å². The first-order chi connectivity index (χ1) is 8.37. The van der Waals surface area contributed by atoms with Crippen LogP contribution in [0.25, 0.3) is 0 Å². The van der Waals surface area contributed by atoms with E-state index in [0.717, 1.165) is 24.3 Å². The smallest absolute Gasteiger partial charge is 0.122 e. The molecule has 1 unspecified atom stereocenters. The van der Waals surface area contributed by atoms with Crippen molar-refractivity contribution in [2.45, 2.75) is 32.5 Å². The van der Waals surface area contributed by atoms with Crippen LogP contribution in [0.15, 0.2) is 24.3 Å². The van der Waals surface area contributed by atoms with E-state index in [1.165, 1.54) is 0 Å². The molecule has 0 aromatic heterocycles. The summed E-state index contributed by atoms with van der Waals surface area (Å²) in [5.41, 5.74) is 7.25. The summed E-state index contributed by atoms with van der Waals surface area (Å²) in [6.07, 6.45) is 0.223. The van der Waals surface area contributed by atoms with Crippen molar-refractivity contribution in [3.63, 3.8) is 0 Å². The number of benzene rings is 1. The SMILES string of the molecule is CC1CN(c2ccc(C(=N)N)cc2)CC(C)(C)O1. The first-order valence-electron chi connectivity index (χ1n) is 6.25. The van der Waals surface area contributed by atoms with Gasteiger partial charge in [0.15, 0.2) is 0 Å². The van der Waals surface area contributed by atoms with Crippen LogP contribution < -0.4 is 10.6 Å². The summed E-state index contributed by atoms with van der Waals surface area (Å²) in [5, 5.41) is 7.39. The van der Waals surface area contributed by atoms with Gasteiger partial charge in [-0.15, -0.1) is 0 Å². The van der Waals surface area contributed by atoms with Crippen molar-refractivity contribution in [3.8, 4) is 0 Å². The monoisotopic (exact) mass is 247 g/mol. The van der Waals surface area contributed by atoms with Gasteiger partial charge in [-0.2, -0.15) is 0 Å². The Bertz CT molecular complexity index is 439. The molecular weight excluding hydrogens is 226 g/mol. The Kier molecular flexibility index (Phi) is 3.30. The summed E-state index contributed by atoms with van der Waals surface area (Å²) in [6.45, 7) is 8.08. The number of amidine groups is 1. The van der Waals surface area contributed by atoms with Gasteiger partial charge < -0.3 is 15.4 Å². The Hall–Kier alpha value is -1.55. The number of hydrogen-bond donors (Lipinski definition) is 2. The maximum absolute atomic E-state index is 7.39. The Morgan fingerprint density at radius 1 is 1.39 bits per heavy atom. The highest BCUT2D eigenvalue weighted by Gasteiger charge is 2.31. The second kappa shape index (κ2) is 4.61. The van der Waals surface area contributed by atoms with Crippen LogP contribution in [0, 0.1) is 5.41 Å². The number of rotatable bonds is 2. The normalized spacial score (nSPS) is 22.8. The number of nitrogen functional groups attached to an aromatic ring is 1. The molecule has 1 aliphatic heterocycles. The van der Waals surface area contributed by atoms with E-state index in [9.17, 15) is 0 Å². The summed E-state index contributed by atoms with van der Waals surface area (Å²) in [7, 11) is 0.